The Morgan fingerprint density at radius 1 is 1.12 bits per heavy atom. The predicted molar refractivity (Wildman–Crippen MR) is 104 cm³/mol. The van der Waals surface area contributed by atoms with Crippen LogP contribution in [0.3, 0.4) is 0 Å². The van der Waals surface area contributed by atoms with Gasteiger partial charge in [0.1, 0.15) is 0 Å². The highest BCUT2D eigenvalue weighted by molar-refractivity contribution is 5.93. The SMILES string of the molecule is CCC(C)c1ccccc1NC(=O)CN1CCN(c2ncccn2)CC1. The number of carbonyl (C=O) groups excluding carboxylic acids is 1. The molecule has 0 bridgehead atoms. The molecule has 2 aromatic rings. The molecule has 0 saturated carbocycles. The van der Waals surface area contributed by atoms with Crippen LogP contribution in [0.1, 0.15) is 31.7 Å². The zero-order valence-corrected chi connectivity index (χ0v) is 15.6. The van der Waals surface area contributed by atoms with Crippen LogP contribution in [0.4, 0.5) is 11.6 Å². The molecule has 0 radical (unpaired) electrons. The third-order valence-corrected chi connectivity index (χ3v) is 4.95. The number of aromatic nitrogens is 2. The molecule has 0 spiro atoms. The molecule has 6 heteroatoms. The second-order valence-electron chi connectivity index (χ2n) is 6.76. The van der Waals surface area contributed by atoms with Crippen molar-refractivity contribution in [3.63, 3.8) is 0 Å². The van der Waals surface area contributed by atoms with Crippen molar-refractivity contribution in [3.05, 3.63) is 48.3 Å². The molecular formula is C20H27N5O. The molecule has 26 heavy (non-hydrogen) atoms. The molecule has 0 aliphatic carbocycles. The average molecular weight is 353 g/mol. The summed E-state index contributed by atoms with van der Waals surface area (Å²) >= 11 is 0. The topological polar surface area (TPSA) is 61.4 Å². The molecule has 1 aromatic heterocycles. The van der Waals surface area contributed by atoms with Gasteiger partial charge in [0.25, 0.3) is 0 Å². The molecule has 1 saturated heterocycles. The summed E-state index contributed by atoms with van der Waals surface area (Å²) in [5, 5.41) is 3.10. The fraction of sp³-hybridized carbons (Fsp3) is 0.450. The Morgan fingerprint density at radius 2 is 1.81 bits per heavy atom. The highest BCUT2D eigenvalue weighted by Crippen LogP contribution is 2.26. The molecule has 1 unspecified atom stereocenters. The Bertz CT molecular complexity index is 713. The lowest BCUT2D eigenvalue weighted by molar-refractivity contribution is -0.117. The van der Waals surface area contributed by atoms with Gasteiger partial charge in [0.05, 0.1) is 6.54 Å². The molecule has 138 valence electrons. The molecule has 1 aliphatic heterocycles. The summed E-state index contributed by atoms with van der Waals surface area (Å²) in [6.07, 6.45) is 4.57. The molecule has 1 atom stereocenters. The van der Waals surface area contributed by atoms with Crippen molar-refractivity contribution in [2.24, 2.45) is 0 Å². The van der Waals surface area contributed by atoms with E-state index in [1.54, 1.807) is 12.4 Å². The highest BCUT2D eigenvalue weighted by Gasteiger charge is 2.21. The smallest absolute Gasteiger partial charge is 0.238 e. The summed E-state index contributed by atoms with van der Waals surface area (Å²) in [7, 11) is 0. The lowest BCUT2D eigenvalue weighted by Gasteiger charge is -2.34. The number of anilines is 2. The first-order valence-electron chi connectivity index (χ1n) is 9.30. The van der Waals surface area contributed by atoms with Gasteiger partial charge in [0.15, 0.2) is 0 Å². The Labute approximate surface area is 155 Å². The van der Waals surface area contributed by atoms with Crippen LogP contribution in [0.15, 0.2) is 42.7 Å². The zero-order valence-electron chi connectivity index (χ0n) is 15.6. The molecular weight excluding hydrogens is 326 g/mol. The summed E-state index contributed by atoms with van der Waals surface area (Å²) in [6.45, 7) is 8.10. The maximum Gasteiger partial charge on any atom is 0.238 e. The minimum absolute atomic E-state index is 0.0464. The molecule has 1 aromatic carbocycles. The standard InChI is InChI=1S/C20H27N5O/c1-3-16(2)17-7-4-5-8-18(17)23-19(26)15-24-11-13-25(14-12-24)20-21-9-6-10-22-20/h4-10,16H,3,11-15H2,1-2H3,(H,23,26). The molecule has 3 rings (SSSR count). The lowest BCUT2D eigenvalue weighted by atomic mass is 9.97. The van der Waals surface area contributed by atoms with E-state index in [0.717, 1.165) is 44.2 Å². The first kappa shape index (κ1) is 18.3. The van der Waals surface area contributed by atoms with Gasteiger partial charge >= 0.3 is 0 Å². The Morgan fingerprint density at radius 3 is 2.50 bits per heavy atom. The fourth-order valence-electron chi connectivity index (χ4n) is 3.21. The van der Waals surface area contributed by atoms with Crippen molar-refractivity contribution in [3.8, 4) is 0 Å². The first-order valence-corrected chi connectivity index (χ1v) is 9.30. The number of para-hydroxylation sites is 1. The molecule has 6 nitrogen and oxygen atoms in total. The lowest BCUT2D eigenvalue weighted by Crippen LogP contribution is -2.49. The summed E-state index contributed by atoms with van der Waals surface area (Å²) in [6, 6.07) is 9.91. The van der Waals surface area contributed by atoms with Crippen molar-refractivity contribution in [1.29, 1.82) is 0 Å². The predicted octanol–water partition coefficient (Wildman–Crippen LogP) is 2.75. The quantitative estimate of drug-likeness (QED) is 0.865. The van der Waals surface area contributed by atoms with Gasteiger partial charge in [0, 0.05) is 44.3 Å². The monoisotopic (exact) mass is 353 g/mol. The summed E-state index contributed by atoms with van der Waals surface area (Å²) < 4.78 is 0. The Balaban J connectivity index is 1.52. The van der Waals surface area contributed by atoms with Crippen LogP contribution in [0.2, 0.25) is 0 Å². The molecule has 2 heterocycles. The van der Waals surface area contributed by atoms with Gasteiger partial charge in [-0.3, -0.25) is 9.69 Å². The summed E-state index contributed by atoms with van der Waals surface area (Å²) in [4.78, 5) is 25.4. The summed E-state index contributed by atoms with van der Waals surface area (Å²) in [5.41, 5.74) is 2.14. The van der Waals surface area contributed by atoms with E-state index in [9.17, 15) is 4.79 Å². The number of piperazine rings is 1. The van der Waals surface area contributed by atoms with Gasteiger partial charge in [0.2, 0.25) is 11.9 Å². The normalized spacial score (nSPS) is 16.3. The van der Waals surface area contributed by atoms with E-state index in [0.29, 0.717) is 12.5 Å². The van der Waals surface area contributed by atoms with Crippen LogP contribution in [-0.4, -0.2) is 53.5 Å². The van der Waals surface area contributed by atoms with E-state index in [2.05, 4.69) is 45.0 Å². The second kappa shape index (κ2) is 8.76. The zero-order chi connectivity index (χ0) is 18.4. The van der Waals surface area contributed by atoms with E-state index in [4.69, 9.17) is 0 Å². The van der Waals surface area contributed by atoms with E-state index < -0.39 is 0 Å². The minimum atomic E-state index is 0.0464. The van der Waals surface area contributed by atoms with Crippen LogP contribution in [-0.2, 0) is 4.79 Å². The van der Waals surface area contributed by atoms with Crippen molar-refractivity contribution in [2.45, 2.75) is 26.2 Å². The largest absolute Gasteiger partial charge is 0.338 e. The first-order chi connectivity index (χ1) is 12.7. The summed E-state index contributed by atoms with van der Waals surface area (Å²) in [5.74, 6) is 1.24. The van der Waals surface area contributed by atoms with Crippen LogP contribution >= 0.6 is 0 Å². The van der Waals surface area contributed by atoms with E-state index >= 15 is 0 Å². The third kappa shape index (κ3) is 4.58. The molecule has 1 fully saturated rings. The number of nitrogens with zero attached hydrogens (tertiary/aromatic N) is 4. The van der Waals surface area contributed by atoms with Gasteiger partial charge in [-0.2, -0.15) is 0 Å². The maximum absolute atomic E-state index is 12.5. The van der Waals surface area contributed by atoms with Crippen molar-refractivity contribution < 1.29 is 4.79 Å². The Hall–Kier alpha value is -2.47. The fourth-order valence-corrected chi connectivity index (χ4v) is 3.21. The Kier molecular flexibility index (Phi) is 6.17. The number of amides is 1. The van der Waals surface area contributed by atoms with Crippen LogP contribution in [0, 0.1) is 0 Å². The average Bonchev–Trinajstić information content (AvgIpc) is 2.69. The van der Waals surface area contributed by atoms with Gasteiger partial charge in [-0.1, -0.05) is 32.0 Å². The number of nitrogens with one attached hydrogen (secondary N) is 1. The van der Waals surface area contributed by atoms with E-state index in [1.165, 1.54) is 5.56 Å². The van der Waals surface area contributed by atoms with Gasteiger partial charge in [-0.15, -0.1) is 0 Å². The van der Waals surface area contributed by atoms with Crippen LogP contribution < -0.4 is 10.2 Å². The second-order valence-corrected chi connectivity index (χ2v) is 6.76. The van der Waals surface area contributed by atoms with Gasteiger partial charge < -0.3 is 10.2 Å². The number of rotatable bonds is 6. The van der Waals surface area contributed by atoms with Crippen LogP contribution in [0.5, 0.6) is 0 Å². The van der Waals surface area contributed by atoms with Gasteiger partial charge in [-0.05, 0) is 30.0 Å². The maximum atomic E-state index is 12.5. The van der Waals surface area contributed by atoms with E-state index in [1.807, 2.05) is 24.3 Å². The number of hydrogen-bond donors (Lipinski definition) is 1. The molecule has 1 amide bonds. The van der Waals surface area contributed by atoms with Gasteiger partial charge in [-0.25, -0.2) is 9.97 Å². The van der Waals surface area contributed by atoms with Crippen molar-refractivity contribution in [2.75, 3.05) is 42.9 Å². The van der Waals surface area contributed by atoms with Crippen LogP contribution in [0.25, 0.3) is 0 Å². The minimum Gasteiger partial charge on any atom is -0.338 e. The highest BCUT2D eigenvalue weighted by atomic mass is 16.2. The van der Waals surface area contributed by atoms with Crippen molar-refractivity contribution in [1.82, 2.24) is 14.9 Å². The number of carbonyl (C=O) groups is 1. The molecule has 1 N–H and O–H groups in total. The van der Waals surface area contributed by atoms with E-state index in [-0.39, 0.29) is 5.91 Å². The molecule has 1 aliphatic rings. The number of benzene rings is 1. The van der Waals surface area contributed by atoms with Crippen molar-refractivity contribution >= 4 is 17.5 Å². The third-order valence-electron chi connectivity index (χ3n) is 4.95. The number of hydrogen-bond acceptors (Lipinski definition) is 5.